The van der Waals surface area contributed by atoms with E-state index in [-0.39, 0.29) is 6.03 Å². The SMILES string of the molecule is O=C(NCCc1ccccc1)N1CCC(c2nnc3n2CCC3)CC1. The average molecular weight is 339 g/mol. The molecule has 0 unspecified atom stereocenters. The van der Waals surface area contributed by atoms with Crippen LogP contribution in [0.2, 0.25) is 0 Å². The molecule has 6 nitrogen and oxygen atoms in total. The molecule has 0 bridgehead atoms. The molecule has 6 heteroatoms. The number of urea groups is 1. The van der Waals surface area contributed by atoms with Crippen LogP contribution in [0.5, 0.6) is 0 Å². The molecule has 1 saturated heterocycles. The predicted molar refractivity (Wildman–Crippen MR) is 95.4 cm³/mol. The van der Waals surface area contributed by atoms with Crippen LogP contribution in [0.3, 0.4) is 0 Å². The molecule has 0 atom stereocenters. The van der Waals surface area contributed by atoms with Gasteiger partial charge in [0.25, 0.3) is 0 Å². The van der Waals surface area contributed by atoms with E-state index in [1.165, 1.54) is 12.0 Å². The van der Waals surface area contributed by atoms with Crippen molar-refractivity contribution in [3.63, 3.8) is 0 Å². The van der Waals surface area contributed by atoms with Gasteiger partial charge in [0, 0.05) is 38.5 Å². The third-order valence-corrected chi connectivity index (χ3v) is 5.32. The number of piperidine rings is 1. The summed E-state index contributed by atoms with van der Waals surface area (Å²) < 4.78 is 2.29. The van der Waals surface area contributed by atoms with Crippen LogP contribution in [0, 0.1) is 0 Å². The van der Waals surface area contributed by atoms with Gasteiger partial charge in [-0.2, -0.15) is 0 Å². The predicted octanol–water partition coefficient (Wildman–Crippen LogP) is 2.36. The molecule has 1 aromatic carbocycles. The summed E-state index contributed by atoms with van der Waals surface area (Å²) in [6, 6.07) is 10.3. The van der Waals surface area contributed by atoms with Gasteiger partial charge in [-0.05, 0) is 31.2 Å². The number of carbonyl (C=O) groups excluding carboxylic acids is 1. The van der Waals surface area contributed by atoms with Crippen molar-refractivity contribution in [2.75, 3.05) is 19.6 Å². The largest absolute Gasteiger partial charge is 0.338 e. The van der Waals surface area contributed by atoms with Crippen molar-refractivity contribution in [2.24, 2.45) is 0 Å². The van der Waals surface area contributed by atoms with Crippen molar-refractivity contribution in [1.29, 1.82) is 0 Å². The van der Waals surface area contributed by atoms with Gasteiger partial charge in [-0.3, -0.25) is 0 Å². The third-order valence-electron chi connectivity index (χ3n) is 5.32. The van der Waals surface area contributed by atoms with Gasteiger partial charge in [0.05, 0.1) is 0 Å². The van der Waals surface area contributed by atoms with E-state index < -0.39 is 0 Å². The zero-order valence-corrected chi connectivity index (χ0v) is 14.5. The molecule has 0 aliphatic carbocycles. The van der Waals surface area contributed by atoms with E-state index in [2.05, 4.69) is 32.2 Å². The normalized spacial score (nSPS) is 17.5. The maximum absolute atomic E-state index is 12.4. The molecular formula is C19H25N5O. The summed E-state index contributed by atoms with van der Waals surface area (Å²) in [4.78, 5) is 14.3. The standard InChI is InChI=1S/C19H25N5O/c25-19(20-11-8-15-5-2-1-3-6-15)23-13-9-16(10-14-23)18-22-21-17-7-4-12-24(17)18/h1-3,5-6,16H,4,7-14H2,(H,20,25). The first-order valence-electron chi connectivity index (χ1n) is 9.30. The van der Waals surface area contributed by atoms with Crippen LogP contribution in [0.25, 0.3) is 0 Å². The molecular weight excluding hydrogens is 314 g/mol. The van der Waals surface area contributed by atoms with Crippen LogP contribution in [0.4, 0.5) is 4.79 Å². The fraction of sp³-hybridized carbons (Fsp3) is 0.526. The summed E-state index contributed by atoms with van der Waals surface area (Å²) in [7, 11) is 0. The maximum Gasteiger partial charge on any atom is 0.317 e. The second-order valence-electron chi connectivity index (χ2n) is 6.96. The van der Waals surface area contributed by atoms with E-state index >= 15 is 0 Å². The number of nitrogens with zero attached hydrogens (tertiary/aromatic N) is 4. The van der Waals surface area contributed by atoms with Gasteiger partial charge in [0.2, 0.25) is 0 Å². The number of nitrogens with one attached hydrogen (secondary N) is 1. The molecule has 2 amide bonds. The van der Waals surface area contributed by atoms with Crippen molar-refractivity contribution >= 4 is 6.03 Å². The topological polar surface area (TPSA) is 63.1 Å². The van der Waals surface area contributed by atoms with Crippen molar-refractivity contribution in [2.45, 2.75) is 44.6 Å². The summed E-state index contributed by atoms with van der Waals surface area (Å²) in [5, 5.41) is 11.8. The van der Waals surface area contributed by atoms with Crippen LogP contribution in [-0.2, 0) is 19.4 Å². The highest BCUT2D eigenvalue weighted by Crippen LogP contribution is 2.29. The van der Waals surface area contributed by atoms with Gasteiger partial charge < -0.3 is 14.8 Å². The van der Waals surface area contributed by atoms with Crippen LogP contribution < -0.4 is 5.32 Å². The quantitative estimate of drug-likeness (QED) is 0.930. The minimum Gasteiger partial charge on any atom is -0.338 e. The Balaban J connectivity index is 1.25. The highest BCUT2D eigenvalue weighted by atomic mass is 16.2. The van der Waals surface area contributed by atoms with E-state index in [9.17, 15) is 4.79 Å². The van der Waals surface area contributed by atoms with Crippen LogP contribution >= 0.6 is 0 Å². The lowest BCUT2D eigenvalue weighted by Gasteiger charge is -2.31. The molecule has 132 valence electrons. The zero-order chi connectivity index (χ0) is 17.1. The molecule has 1 N–H and O–H groups in total. The highest BCUT2D eigenvalue weighted by Gasteiger charge is 2.29. The van der Waals surface area contributed by atoms with Crippen LogP contribution in [-0.4, -0.2) is 45.3 Å². The Labute approximate surface area is 148 Å². The van der Waals surface area contributed by atoms with Crippen molar-refractivity contribution < 1.29 is 4.79 Å². The van der Waals surface area contributed by atoms with E-state index in [4.69, 9.17) is 0 Å². The molecule has 2 aliphatic heterocycles. The summed E-state index contributed by atoms with van der Waals surface area (Å²) >= 11 is 0. The van der Waals surface area contributed by atoms with Crippen LogP contribution in [0.1, 0.15) is 42.4 Å². The zero-order valence-electron chi connectivity index (χ0n) is 14.5. The Kier molecular flexibility index (Phi) is 4.68. The van der Waals surface area contributed by atoms with Crippen molar-refractivity contribution in [3.8, 4) is 0 Å². The van der Waals surface area contributed by atoms with Gasteiger partial charge >= 0.3 is 6.03 Å². The second-order valence-corrected chi connectivity index (χ2v) is 6.96. The first kappa shape index (κ1) is 16.1. The Morgan fingerprint density at radius 1 is 1.12 bits per heavy atom. The number of likely N-dealkylation sites (tertiary alicyclic amines) is 1. The van der Waals surface area contributed by atoms with Gasteiger partial charge in [0.15, 0.2) is 0 Å². The molecule has 1 aromatic heterocycles. The van der Waals surface area contributed by atoms with Gasteiger partial charge in [-0.25, -0.2) is 4.79 Å². The summed E-state index contributed by atoms with van der Waals surface area (Å²) in [5.74, 6) is 2.71. The number of carbonyl (C=O) groups is 1. The average Bonchev–Trinajstić information content (AvgIpc) is 3.26. The third kappa shape index (κ3) is 3.52. The molecule has 3 heterocycles. The fourth-order valence-corrected chi connectivity index (χ4v) is 3.89. The van der Waals surface area contributed by atoms with Crippen molar-refractivity contribution in [1.82, 2.24) is 25.0 Å². The maximum atomic E-state index is 12.4. The molecule has 4 rings (SSSR count). The first-order valence-corrected chi connectivity index (χ1v) is 9.30. The number of hydrogen-bond donors (Lipinski definition) is 1. The lowest BCUT2D eigenvalue weighted by molar-refractivity contribution is 0.180. The Morgan fingerprint density at radius 3 is 2.72 bits per heavy atom. The Morgan fingerprint density at radius 2 is 1.92 bits per heavy atom. The fourth-order valence-electron chi connectivity index (χ4n) is 3.89. The summed E-state index contributed by atoms with van der Waals surface area (Å²) in [6.07, 6.45) is 5.06. The van der Waals surface area contributed by atoms with E-state index in [0.717, 1.165) is 57.0 Å². The number of benzene rings is 1. The number of fused-ring (bicyclic) bond motifs is 1. The first-order chi connectivity index (χ1) is 12.3. The lowest BCUT2D eigenvalue weighted by Crippen LogP contribution is -2.44. The number of hydrogen-bond acceptors (Lipinski definition) is 3. The smallest absolute Gasteiger partial charge is 0.317 e. The van der Waals surface area contributed by atoms with E-state index in [0.29, 0.717) is 12.5 Å². The van der Waals surface area contributed by atoms with Gasteiger partial charge in [-0.15, -0.1) is 10.2 Å². The molecule has 0 spiro atoms. The van der Waals surface area contributed by atoms with Gasteiger partial charge in [-0.1, -0.05) is 30.3 Å². The molecule has 2 aliphatic rings. The van der Waals surface area contributed by atoms with E-state index in [1.54, 1.807) is 0 Å². The lowest BCUT2D eigenvalue weighted by atomic mass is 9.96. The van der Waals surface area contributed by atoms with Crippen molar-refractivity contribution in [3.05, 3.63) is 47.5 Å². The minimum atomic E-state index is 0.0563. The molecule has 1 fully saturated rings. The number of aromatic nitrogens is 3. The van der Waals surface area contributed by atoms with Crippen LogP contribution in [0.15, 0.2) is 30.3 Å². The molecule has 0 radical (unpaired) electrons. The number of amides is 2. The Bertz CT molecular complexity index is 719. The van der Waals surface area contributed by atoms with Gasteiger partial charge in [0.1, 0.15) is 11.6 Å². The Hall–Kier alpha value is -2.37. The van der Waals surface area contributed by atoms with E-state index in [1.807, 2.05) is 23.1 Å². The molecule has 25 heavy (non-hydrogen) atoms. The number of rotatable bonds is 4. The second kappa shape index (κ2) is 7.25. The monoisotopic (exact) mass is 339 g/mol. The molecule has 0 saturated carbocycles. The highest BCUT2D eigenvalue weighted by molar-refractivity contribution is 5.74. The molecule has 2 aromatic rings. The number of aryl methyl sites for hydroxylation is 1. The minimum absolute atomic E-state index is 0.0563. The summed E-state index contributed by atoms with van der Waals surface area (Å²) in [5.41, 5.74) is 1.25. The summed E-state index contributed by atoms with van der Waals surface area (Å²) in [6.45, 7) is 3.33.